The van der Waals surface area contributed by atoms with Gasteiger partial charge in [-0.05, 0) is 88.9 Å². The van der Waals surface area contributed by atoms with Crippen molar-refractivity contribution < 1.29 is 0 Å². The van der Waals surface area contributed by atoms with E-state index in [2.05, 4.69) is 162 Å². The van der Waals surface area contributed by atoms with Crippen molar-refractivity contribution in [1.82, 2.24) is 9.47 Å². The fourth-order valence-electron chi connectivity index (χ4n) is 8.08. The van der Waals surface area contributed by atoms with Crippen molar-refractivity contribution >= 4 is 39.5 Å². The Bertz CT molecular complexity index is 2750. The third-order valence-corrected chi connectivity index (χ3v) is 11.1. The molecule has 6 aromatic carbocycles. The number of anilines is 1. The van der Waals surface area contributed by atoms with Gasteiger partial charge in [-0.25, -0.2) is 0 Å². The topological polar surface area (TPSA) is 47.6 Å². The smallest absolute Gasteiger partial charge is 0.147 e. The monoisotopic (exact) mass is 737 g/mol. The number of para-hydroxylation sites is 2. The van der Waals surface area contributed by atoms with E-state index in [1.165, 1.54) is 38.6 Å². The van der Waals surface area contributed by atoms with Crippen molar-refractivity contribution in [3.8, 4) is 5.69 Å². The normalized spacial score (nSPS) is 17.0. The maximum absolute atomic E-state index is 8.93. The Balaban J connectivity index is 0.994. The molecule has 0 fully saturated rings. The average Bonchev–Trinajstić information content (AvgIpc) is 3.60. The van der Waals surface area contributed by atoms with Crippen LogP contribution in [0.4, 0.5) is 5.69 Å². The number of benzene rings is 6. The quantitative estimate of drug-likeness (QED) is 0.125. The standard InChI is InChI=1S/C52H43N5/c1-37-16-14-15-33-56(43-29-25-38(26-30-43)36-54-52(40-19-8-4-9-20-40)55(2)51(53)39-17-6-3-7-18-39)48-31-27-41(34-46(37)48)42-28-32-50-47(35-42)45-23-12-13-24-49(45)57(50)44-21-10-5-11-22-44/h3-33,35-36,41,52-53H,1,34H2,2H3/b16-14-,33-15-,53-51?,54-36+. The van der Waals surface area contributed by atoms with E-state index in [1.54, 1.807) is 0 Å². The van der Waals surface area contributed by atoms with Crippen LogP contribution in [0.2, 0.25) is 0 Å². The summed E-state index contributed by atoms with van der Waals surface area (Å²) in [5.41, 5.74) is 12.2. The SMILES string of the molecule is C=C1/C=C\C=C/N(c2ccc(/C=N/C(c3ccccc3)N(C)C(=N)c3ccccc3)cc2)C2=C1CC(c1ccc3c(c1)c1ccccc1n3-c1ccccc1)C=C2. The van der Waals surface area contributed by atoms with Gasteiger partial charge in [0.25, 0.3) is 0 Å². The maximum Gasteiger partial charge on any atom is 0.147 e. The Morgan fingerprint density at radius 3 is 2.19 bits per heavy atom. The summed E-state index contributed by atoms with van der Waals surface area (Å²) in [6, 6.07) is 54.8. The predicted molar refractivity (Wildman–Crippen MR) is 238 cm³/mol. The maximum atomic E-state index is 8.93. The van der Waals surface area contributed by atoms with Gasteiger partial charge in [-0.15, -0.1) is 0 Å². The first-order chi connectivity index (χ1) is 28.0. The molecule has 57 heavy (non-hydrogen) atoms. The van der Waals surface area contributed by atoms with E-state index < -0.39 is 0 Å². The molecule has 0 radical (unpaired) electrons. The number of aliphatic imine (C=N–C) groups is 1. The molecule has 5 nitrogen and oxygen atoms in total. The molecule has 1 aliphatic carbocycles. The first-order valence-electron chi connectivity index (χ1n) is 19.4. The van der Waals surface area contributed by atoms with Crippen LogP contribution in [0, 0.1) is 5.41 Å². The number of hydrogen-bond acceptors (Lipinski definition) is 3. The molecule has 2 heterocycles. The number of nitrogens with zero attached hydrogens (tertiary/aromatic N) is 4. The second kappa shape index (κ2) is 15.5. The van der Waals surface area contributed by atoms with Crippen LogP contribution < -0.4 is 4.90 Å². The van der Waals surface area contributed by atoms with Gasteiger partial charge in [0.05, 0.1) is 11.0 Å². The molecule has 2 unspecified atom stereocenters. The summed E-state index contributed by atoms with van der Waals surface area (Å²) in [5.74, 6) is 0.625. The zero-order valence-electron chi connectivity index (χ0n) is 31.9. The second-order valence-corrected chi connectivity index (χ2v) is 14.6. The van der Waals surface area contributed by atoms with Crippen LogP contribution in [0.15, 0.2) is 223 Å². The first kappa shape index (κ1) is 35.5. The molecule has 0 spiro atoms. The number of nitrogens with one attached hydrogen (secondary N) is 1. The second-order valence-electron chi connectivity index (χ2n) is 14.6. The molecule has 1 N–H and O–H groups in total. The van der Waals surface area contributed by atoms with Crippen molar-refractivity contribution in [2.24, 2.45) is 4.99 Å². The van der Waals surface area contributed by atoms with E-state index in [-0.39, 0.29) is 12.1 Å². The number of hydrogen-bond donors (Lipinski definition) is 1. The highest BCUT2D eigenvalue weighted by Gasteiger charge is 2.25. The van der Waals surface area contributed by atoms with Crippen LogP contribution in [0.5, 0.6) is 0 Å². The molecule has 0 saturated carbocycles. The van der Waals surface area contributed by atoms with E-state index in [0.717, 1.165) is 40.1 Å². The summed E-state index contributed by atoms with van der Waals surface area (Å²) in [7, 11) is 1.93. The van der Waals surface area contributed by atoms with E-state index in [0.29, 0.717) is 5.84 Å². The highest BCUT2D eigenvalue weighted by atomic mass is 15.2. The molecule has 0 amide bonds. The van der Waals surface area contributed by atoms with Crippen LogP contribution >= 0.6 is 0 Å². The van der Waals surface area contributed by atoms with Crippen molar-refractivity contribution in [2.75, 3.05) is 11.9 Å². The molecular weight excluding hydrogens is 695 g/mol. The zero-order chi connectivity index (χ0) is 38.7. The van der Waals surface area contributed by atoms with Gasteiger partial charge in [-0.3, -0.25) is 10.4 Å². The Kier molecular flexibility index (Phi) is 9.63. The molecule has 0 saturated heterocycles. The number of amidine groups is 1. The molecule has 1 aliphatic heterocycles. The summed E-state index contributed by atoms with van der Waals surface area (Å²) in [5, 5.41) is 11.5. The van der Waals surface area contributed by atoms with E-state index >= 15 is 0 Å². The van der Waals surface area contributed by atoms with Crippen LogP contribution in [-0.4, -0.2) is 28.6 Å². The third-order valence-electron chi connectivity index (χ3n) is 11.1. The van der Waals surface area contributed by atoms with Gasteiger partial charge in [-0.1, -0.05) is 140 Å². The number of aromatic nitrogens is 1. The number of rotatable bonds is 8. The third kappa shape index (κ3) is 6.96. The molecule has 2 aliphatic rings. The van der Waals surface area contributed by atoms with Gasteiger partial charge in [0, 0.05) is 58.8 Å². The van der Waals surface area contributed by atoms with Gasteiger partial charge in [0.15, 0.2) is 0 Å². The molecule has 2 atom stereocenters. The van der Waals surface area contributed by atoms with Crippen LogP contribution in [0.3, 0.4) is 0 Å². The Hall–Kier alpha value is -7.24. The lowest BCUT2D eigenvalue weighted by Gasteiger charge is -2.31. The lowest BCUT2D eigenvalue weighted by atomic mass is 9.83. The molecule has 9 rings (SSSR count). The van der Waals surface area contributed by atoms with Crippen molar-refractivity contribution in [3.05, 3.63) is 240 Å². The Morgan fingerprint density at radius 2 is 1.42 bits per heavy atom. The summed E-state index contributed by atoms with van der Waals surface area (Å²) in [4.78, 5) is 9.21. The molecule has 7 aromatic rings. The van der Waals surface area contributed by atoms with Gasteiger partial charge in [0.2, 0.25) is 0 Å². The Morgan fingerprint density at radius 1 is 0.737 bits per heavy atom. The van der Waals surface area contributed by atoms with E-state index in [4.69, 9.17) is 10.4 Å². The van der Waals surface area contributed by atoms with Gasteiger partial charge in [0.1, 0.15) is 12.0 Å². The zero-order valence-corrected chi connectivity index (χ0v) is 31.9. The largest absolute Gasteiger partial charge is 0.334 e. The van der Waals surface area contributed by atoms with Crippen LogP contribution in [0.1, 0.15) is 40.8 Å². The number of allylic oxidation sites excluding steroid dienone is 7. The minimum Gasteiger partial charge on any atom is -0.334 e. The summed E-state index contributed by atoms with van der Waals surface area (Å²) in [6.45, 7) is 4.53. The predicted octanol–water partition coefficient (Wildman–Crippen LogP) is 12.3. The fraction of sp³-hybridized carbons (Fsp3) is 0.0769. The van der Waals surface area contributed by atoms with E-state index in [9.17, 15) is 0 Å². The summed E-state index contributed by atoms with van der Waals surface area (Å²) in [6.07, 6.45) is 15.4. The molecule has 0 bridgehead atoms. The lowest BCUT2D eigenvalue weighted by molar-refractivity contribution is 0.387. The first-order valence-corrected chi connectivity index (χ1v) is 19.4. The summed E-state index contributed by atoms with van der Waals surface area (Å²) < 4.78 is 2.37. The lowest BCUT2D eigenvalue weighted by Crippen LogP contribution is -2.30. The summed E-state index contributed by atoms with van der Waals surface area (Å²) >= 11 is 0. The van der Waals surface area contributed by atoms with Crippen molar-refractivity contribution in [2.45, 2.75) is 18.5 Å². The average molecular weight is 738 g/mol. The molecular formula is C52H43N5. The van der Waals surface area contributed by atoms with Gasteiger partial charge < -0.3 is 14.4 Å². The molecule has 5 heteroatoms. The van der Waals surface area contributed by atoms with Crippen molar-refractivity contribution in [3.63, 3.8) is 0 Å². The van der Waals surface area contributed by atoms with E-state index in [1.807, 2.05) is 66.7 Å². The highest BCUT2D eigenvalue weighted by Crippen LogP contribution is 2.41. The minimum atomic E-state index is -0.357. The number of fused-ring (bicyclic) bond motifs is 3. The molecule has 1 aromatic heterocycles. The van der Waals surface area contributed by atoms with Crippen LogP contribution in [-0.2, 0) is 0 Å². The van der Waals surface area contributed by atoms with Crippen LogP contribution in [0.25, 0.3) is 27.5 Å². The fourth-order valence-corrected chi connectivity index (χ4v) is 8.08. The Labute approximate surface area is 334 Å². The highest BCUT2D eigenvalue weighted by molar-refractivity contribution is 6.09. The van der Waals surface area contributed by atoms with Gasteiger partial charge in [-0.2, -0.15) is 0 Å². The van der Waals surface area contributed by atoms with Crippen molar-refractivity contribution in [1.29, 1.82) is 5.41 Å². The molecule has 276 valence electrons. The van der Waals surface area contributed by atoms with Gasteiger partial charge >= 0.3 is 0 Å². The minimum absolute atomic E-state index is 0.208.